The van der Waals surface area contributed by atoms with Crippen molar-refractivity contribution >= 4 is 17.5 Å². The van der Waals surface area contributed by atoms with Gasteiger partial charge < -0.3 is 5.32 Å². The summed E-state index contributed by atoms with van der Waals surface area (Å²) in [6.07, 6.45) is 4.36. The minimum absolute atomic E-state index is 0.128. The number of nitrogens with one attached hydrogen (secondary N) is 1. The monoisotopic (exact) mass is 303 g/mol. The molecule has 1 aromatic heterocycles. The van der Waals surface area contributed by atoms with E-state index >= 15 is 0 Å². The number of aromatic nitrogens is 2. The Morgan fingerprint density at radius 1 is 1.43 bits per heavy atom. The van der Waals surface area contributed by atoms with E-state index in [0.717, 1.165) is 19.3 Å². The fourth-order valence-electron chi connectivity index (χ4n) is 2.64. The van der Waals surface area contributed by atoms with Gasteiger partial charge in [-0.25, -0.2) is 0 Å². The molecular formula is C16H18ClN3O. The number of nitrogens with zero attached hydrogens (tertiary/aromatic N) is 2. The molecule has 0 spiro atoms. The molecule has 1 amide bonds. The third kappa shape index (κ3) is 2.81. The van der Waals surface area contributed by atoms with E-state index in [1.807, 2.05) is 12.1 Å². The molecule has 4 nitrogen and oxygen atoms in total. The Labute approximate surface area is 129 Å². The third-order valence-corrected chi connectivity index (χ3v) is 4.41. The van der Waals surface area contributed by atoms with Crippen molar-refractivity contribution in [2.24, 2.45) is 7.05 Å². The summed E-state index contributed by atoms with van der Waals surface area (Å²) in [5.74, 6) is -0.147. The number of aryl methyl sites for hydroxylation is 2. The quantitative estimate of drug-likeness (QED) is 0.944. The average molecular weight is 304 g/mol. The van der Waals surface area contributed by atoms with E-state index in [4.69, 9.17) is 11.6 Å². The van der Waals surface area contributed by atoms with Crippen LogP contribution in [0.4, 0.5) is 0 Å². The van der Waals surface area contributed by atoms with E-state index in [1.54, 1.807) is 7.05 Å². The predicted octanol–water partition coefficient (Wildman–Crippen LogP) is 2.89. The molecule has 110 valence electrons. The molecule has 1 aliphatic rings. The summed E-state index contributed by atoms with van der Waals surface area (Å²) in [6.45, 7) is 2.10. The van der Waals surface area contributed by atoms with Crippen LogP contribution in [0, 0.1) is 6.92 Å². The molecular weight excluding hydrogens is 286 g/mol. The van der Waals surface area contributed by atoms with Crippen molar-refractivity contribution in [3.63, 3.8) is 0 Å². The second-order valence-corrected chi connectivity index (χ2v) is 6.21. The maximum absolute atomic E-state index is 12.4. The highest BCUT2D eigenvalue weighted by molar-refractivity contribution is 6.33. The molecule has 0 radical (unpaired) electrons. The van der Waals surface area contributed by atoms with Crippen LogP contribution in [0.15, 0.2) is 30.5 Å². The maximum atomic E-state index is 12.4. The van der Waals surface area contributed by atoms with E-state index < -0.39 is 0 Å². The number of hydrogen-bond donors (Lipinski definition) is 1. The van der Waals surface area contributed by atoms with E-state index in [9.17, 15) is 4.79 Å². The lowest BCUT2D eigenvalue weighted by atomic mass is 9.99. The van der Waals surface area contributed by atoms with Gasteiger partial charge in [-0.05, 0) is 37.3 Å². The Balaban J connectivity index is 1.76. The summed E-state index contributed by atoms with van der Waals surface area (Å²) in [5, 5.41) is 7.54. The summed E-state index contributed by atoms with van der Waals surface area (Å²) < 4.78 is 1.52. The van der Waals surface area contributed by atoms with Crippen molar-refractivity contribution in [1.29, 1.82) is 0 Å². The first kappa shape index (κ1) is 14.1. The lowest BCUT2D eigenvalue weighted by molar-refractivity contribution is 0.0922. The maximum Gasteiger partial charge on any atom is 0.271 e. The number of rotatable bonds is 4. The second-order valence-electron chi connectivity index (χ2n) is 5.80. The van der Waals surface area contributed by atoms with Crippen LogP contribution >= 0.6 is 11.6 Å². The molecule has 1 fully saturated rings. The number of halogens is 1. The minimum atomic E-state index is -0.147. The van der Waals surface area contributed by atoms with Gasteiger partial charge in [-0.2, -0.15) is 5.10 Å². The van der Waals surface area contributed by atoms with Gasteiger partial charge in [-0.15, -0.1) is 0 Å². The zero-order chi connectivity index (χ0) is 15.0. The molecule has 3 rings (SSSR count). The molecule has 5 heteroatoms. The van der Waals surface area contributed by atoms with Gasteiger partial charge in [0, 0.05) is 12.6 Å². The first-order valence-electron chi connectivity index (χ1n) is 7.05. The Bertz CT molecular complexity index is 669. The van der Waals surface area contributed by atoms with E-state index in [-0.39, 0.29) is 11.4 Å². The summed E-state index contributed by atoms with van der Waals surface area (Å²) in [6, 6.07) is 8.30. The van der Waals surface area contributed by atoms with Crippen molar-refractivity contribution in [3.05, 3.63) is 52.3 Å². The number of benzene rings is 1. The summed E-state index contributed by atoms with van der Waals surface area (Å²) in [7, 11) is 1.72. The van der Waals surface area contributed by atoms with Gasteiger partial charge in [-0.1, -0.05) is 35.9 Å². The molecule has 0 atom stereocenters. The van der Waals surface area contributed by atoms with Gasteiger partial charge in [0.2, 0.25) is 0 Å². The molecule has 0 bridgehead atoms. The Hall–Kier alpha value is -1.81. The molecule has 0 aliphatic heterocycles. The smallest absolute Gasteiger partial charge is 0.271 e. The number of carbonyl (C=O) groups excluding carboxylic acids is 1. The van der Waals surface area contributed by atoms with Crippen LogP contribution in [0.5, 0.6) is 0 Å². The average Bonchev–Trinajstić information content (AvgIpc) is 3.10. The number of amides is 1. The molecule has 1 aromatic carbocycles. The van der Waals surface area contributed by atoms with Crippen LogP contribution < -0.4 is 5.32 Å². The molecule has 1 aliphatic carbocycles. The first-order valence-corrected chi connectivity index (χ1v) is 7.43. The van der Waals surface area contributed by atoms with Crippen LogP contribution in [0.25, 0.3) is 0 Å². The molecule has 0 saturated heterocycles. The van der Waals surface area contributed by atoms with Crippen molar-refractivity contribution in [1.82, 2.24) is 15.1 Å². The highest BCUT2D eigenvalue weighted by atomic mass is 35.5. The van der Waals surface area contributed by atoms with Crippen molar-refractivity contribution in [2.75, 3.05) is 0 Å². The SMILES string of the molecule is Cc1ccccc1CC1(NC(=O)c2c(Cl)cnn2C)CC1. The van der Waals surface area contributed by atoms with Gasteiger partial charge in [0.15, 0.2) is 0 Å². The van der Waals surface area contributed by atoms with Gasteiger partial charge in [0.05, 0.1) is 11.2 Å². The van der Waals surface area contributed by atoms with Gasteiger partial charge >= 0.3 is 0 Å². The highest BCUT2D eigenvalue weighted by Crippen LogP contribution is 2.39. The normalized spacial score (nSPS) is 15.8. The van der Waals surface area contributed by atoms with E-state index in [0.29, 0.717) is 10.7 Å². The molecule has 21 heavy (non-hydrogen) atoms. The largest absolute Gasteiger partial charge is 0.345 e. The number of carbonyl (C=O) groups is 1. The molecule has 1 N–H and O–H groups in total. The predicted molar refractivity (Wildman–Crippen MR) is 82.5 cm³/mol. The fraction of sp³-hybridized carbons (Fsp3) is 0.375. The minimum Gasteiger partial charge on any atom is -0.345 e. The zero-order valence-corrected chi connectivity index (χ0v) is 12.9. The molecule has 1 saturated carbocycles. The summed E-state index contributed by atoms with van der Waals surface area (Å²) >= 11 is 6.03. The highest BCUT2D eigenvalue weighted by Gasteiger charge is 2.44. The van der Waals surface area contributed by atoms with E-state index in [2.05, 4.69) is 29.5 Å². The lowest BCUT2D eigenvalue weighted by Gasteiger charge is -2.19. The topological polar surface area (TPSA) is 46.9 Å². The second kappa shape index (κ2) is 5.19. The van der Waals surface area contributed by atoms with Crippen LogP contribution in [-0.2, 0) is 13.5 Å². The lowest BCUT2D eigenvalue weighted by Crippen LogP contribution is -2.39. The number of hydrogen-bond acceptors (Lipinski definition) is 2. The van der Waals surface area contributed by atoms with E-state index in [1.165, 1.54) is 22.0 Å². The van der Waals surface area contributed by atoms with Gasteiger partial charge in [0.25, 0.3) is 5.91 Å². The van der Waals surface area contributed by atoms with Crippen molar-refractivity contribution in [2.45, 2.75) is 31.7 Å². The summed E-state index contributed by atoms with van der Waals surface area (Å²) in [4.78, 5) is 12.4. The first-order chi connectivity index (χ1) is 10.0. The fourth-order valence-corrected chi connectivity index (χ4v) is 2.89. The van der Waals surface area contributed by atoms with Crippen LogP contribution in [0.2, 0.25) is 5.02 Å². The molecule has 1 heterocycles. The standard InChI is InChI=1S/C16H18ClN3O/c1-11-5-3-4-6-12(11)9-16(7-8-16)19-15(21)14-13(17)10-18-20(14)2/h3-6,10H,7-9H2,1-2H3,(H,19,21). The van der Waals surface area contributed by atoms with Crippen molar-refractivity contribution < 1.29 is 4.79 Å². The summed E-state index contributed by atoms with van der Waals surface area (Å²) in [5.41, 5.74) is 2.84. The van der Waals surface area contributed by atoms with Gasteiger partial charge in [0.1, 0.15) is 5.69 Å². The van der Waals surface area contributed by atoms with Crippen molar-refractivity contribution in [3.8, 4) is 0 Å². The van der Waals surface area contributed by atoms with Crippen LogP contribution in [-0.4, -0.2) is 21.2 Å². The van der Waals surface area contributed by atoms with Crippen LogP contribution in [0.1, 0.15) is 34.5 Å². The van der Waals surface area contributed by atoms with Crippen LogP contribution in [0.3, 0.4) is 0 Å². The third-order valence-electron chi connectivity index (χ3n) is 4.13. The van der Waals surface area contributed by atoms with Gasteiger partial charge in [-0.3, -0.25) is 9.48 Å². The Morgan fingerprint density at radius 3 is 2.71 bits per heavy atom. The molecule has 0 unspecified atom stereocenters. The Kier molecular flexibility index (Phi) is 3.49. The Morgan fingerprint density at radius 2 is 2.14 bits per heavy atom. The zero-order valence-electron chi connectivity index (χ0n) is 12.2. The molecule has 2 aromatic rings.